The van der Waals surface area contributed by atoms with E-state index in [0.29, 0.717) is 10.3 Å². The Kier molecular flexibility index (Phi) is 3.27. The number of para-hydroxylation sites is 3. The molecule has 0 aliphatic carbocycles. The molecule has 4 nitrogen and oxygen atoms in total. The molecule has 3 aromatic heterocycles. The van der Waals surface area contributed by atoms with Gasteiger partial charge in [0.15, 0.2) is 4.96 Å². The second kappa shape index (κ2) is 6.03. The Labute approximate surface area is 179 Å². The lowest BCUT2D eigenvalue weighted by molar-refractivity contribution is 0.669. The number of hydrogen-bond acceptors (Lipinski definition) is 4. The molecular weight excluding hydrogens is 404 g/mol. The maximum Gasteiger partial charge on any atom is 0.266 e. The quantitative estimate of drug-likeness (QED) is 0.301. The van der Waals surface area contributed by atoms with Crippen molar-refractivity contribution in [2.24, 2.45) is 0 Å². The first kappa shape index (κ1) is 16.8. The molecule has 31 heavy (non-hydrogen) atoms. The van der Waals surface area contributed by atoms with Gasteiger partial charge in [-0.3, -0.25) is 4.79 Å². The number of aromatic nitrogens is 2. The van der Waals surface area contributed by atoms with Gasteiger partial charge in [0, 0.05) is 15.5 Å². The Bertz CT molecular complexity index is 1870. The molecule has 0 radical (unpaired) electrons. The van der Waals surface area contributed by atoms with Gasteiger partial charge in [0.05, 0.1) is 16.4 Å². The normalized spacial score (nSPS) is 12.0. The molecule has 0 bridgehead atoms. The molecule has 0 atom stereocenters. The minimum absolute atomic E-state index is 0.0315. The summed E-state index contributed by atoms with van der Waals surface area (Å²) < 4.78 is 8.69. The first-order chi connectivity index (χ1) is 15.3. The number of nitrogens with zero attached hydrogens (tertiary/aromatic N) is 2. The highest BCUT2D eigenvalue weighted by Gasteiger charge is 2.15. The van der Waals surface area contributed by atoms with Crippen LogP contribution in [-0.2, 0) is 0 Å². The van der Waals surface area contributed by atoms with E-state index in [0.717, 1.165) is 48.8 Å². The van der Waals surface area contributed by atoms with Gasteiger partial charge in [-0.2, -0.15) is 0 Å². The van der Waals surface area contributed by atoms with Crippen LogP contribution in [0.4, 0.5) is 0 Å². The van der Waals surface area contributed by atoms with Crippen LogP contribution in [0, 0.1) is 0 Å². The third-order valence-electron chi connectivity index (χ3n) is 5.86. The average molecular weight is 418 g/mol. The van der Waals surface area contributed by atoms with E-state index in [2.05, 4.69) is 23.2 Å². The molecular formula is C26H14N2O2S. The Morgan fingerprint density at radius 2 is 1.65 bits per heavy atom. The Morgan fingerprint density at radius 3 is 2.61 bits per heavy atom. The molecule has 0 saturated carbocycles. The fourth-order valence-corrected chi connectivity index (χ4v) is 5.52. The molecule has 0 aliphatic heterocycles. The third kappa shape index (κ3) is 2.29. The number of furan rings is 1. The van der Waals surface area contributed by atoms with E-state index in [9.17, 15) is 4.79 Å². The van der Waals surface area contributed by atoms with Gasteiger partial charge in [-0.15, -0.1) is 0 Å². The molecule has 7 aromatic rings. The number of hydrogen-bond donors (Lipinski definition) is 0. The van der Waals surface area contributed by atoms with Crippen LogP contribution in [0.25, 0.3) is 59.1 Å². The van der Waals surface area contributed by atoms with Crippen molar-refractivity contribution in [1.82, 2.24) is 9.38 Å². The molecule has 0 amide bonds. The van der Waals surface area contributed by atoms with Gasteiger partial charge >= 0.3 is 0 Å². The zero-order valence-electron chi connectivity index (χ0n) is 16.2. The summed E-state index contributed by atoms with van der Waals surface area (Å²) in [6.07, 6.45) is 0. The summed E-state index contributed by atoms with van der Waals surface area (Å²) in [5, 5.41) is 2.89. The summed E-state index contributed by atoms with van der Waals surface area (Å²) in [6, 6.07) is 28.0. The topological polar surface area (TPSA) is 47.5 Å². The number of imidazole rings is 1. The maximum absolute atomic E-state index is 13.3. The predicted molar refractivity (Wildman–Crippen MR) is 127 cm³/mol. The minimum atomic E-state index is -0.0315. The Balaban J connectivity index is 1.55. The van der Waals surface area contributed by atoms with E-state index in [4.69, 9.17) is 4.42 Å². The second-order valence-corrected chi connectivity index (χ2v) is 8.62. The van der Waals surface area contributed by atoms with E-state index < -0.39 is 0 Å². The summed E-state index contributed by atoms with van der Waals surface area (Å²) in [4.78, 5) is 18.7. The van der Waals surface area contributed by atoms with Gasteiger partial charge < -0.3 is 4.42 Å². The molecule has 0 aliphatic rings. The van der Waals surface area contributed by atoms with Crippen LogP contribution in [0.1, 0.15) is 0 Å². The number of benzene rings is 4. The van der Waals surface area contributed by atoms with Gasteiger partial charge in [0.1, 0.15) is 11.2 Å². The first-order valence-electron chi connectivity index (χ1n) is 10.0. The highest BCUT2D eigenvalue weighted by Crippen LogP contribution is 2.37. The summed E-state index contributed by atoms with van der Waals surface area (Å²) in [5.41, 5.74) is 5.54. The standard InChI is InChI=1S/C26H14N2O2S/c29-25-18-13-12-15(14-23(18)31-26-27-19-8-2-3-9-20(19)28(25)26)16-7-5-11-22-24(16)17-6-1-4-10-21(17)30-22/h1-14H. The van der Waals surface area contributed by atoms with Crippen molar-refractivity contribution in [1.29, 1.82) is 0 Å². The van der Waals surface area contributed by atoms with Gasteiger partial charge in [-0.05, 0) is 47.5 Å². The minimum Gasteiger partial charge on any atom is -0.456 e. The molecule has 3 heterocycles. The number of fused-ring (bicyclic) bond motifs is 7. The van der Waals surface area contributed by atoms with Crippen LogP contribution in [0.3, 0.4) is 0 Å². The molecule has 0 fully saturated rings. The zero-order valence-corrected chi connectivity index (χ0v) is 17.0. The van der Waals surface area contributed by atoms with Crippen LogP contribution in [-0.4, -0.2) is 9.38 Å². The van der Waals surface area contributed by atoms with Crippen molar-refractivity contribution >= 4 is 59.4 Å². The molecule has 4 aromatic carbocycles. The van der Waals surface area contributed by atoms with E-state index >= 15 is 0 Å². The van der Waals surface area contributed by atoms with Crippen LogP contribution in [0.15, 0.2) is 94.1 Å². The van der Waals surface area contributed by atoms with Gasteiger partial charge in [-0.25, -0.2) is 9.38 Å². The summed E-state index contributed by atoms with van der Waals surface area (Å²) >= 11 is 1.54. The monoisotopic (exact) mass is 418 g/mol. The van der Waals surface area contributed by atoms with Crippen LogP contribution in [0.2, 0.25) is 0 Å². The Hall–Kier alpha value is -3.96. The van der Waals surface area contributed by atoms with Crippen LogP contribution in [0.5, 0.6) is 0 Å². The average Bonchev–Trinajstić information content (AvgIpc) is 3.37. The van der Waals surface area contributed by atoms with Gasteiger partial charge in [-0.1, -0.05) is 59.9 Å². The smallest absolute Gasteiger partial charge is 0.266 e. The lowest BCUT2D eigenvalue weighted by Crippen LogP contribution is -2.11. The maximum atomic E-state index is 13.3. The first-order valence-corrected chi connectivity index (χ1v) is 10.8. The van der Waals surface area contributed by atoms with Crippen LogP contribution < -0.4 is 5.56 Å². The summed E-state index contributed by atoms with van der Waals surface area (Å²) in [7, 11) is 0. The summed E-state index contributed by atoms with van der Waals surface area (Å²) in [6.45, 7) is 0. The van der Waals surface area contributed by atoms with Crippen molar-refractivity contribution in [2.45, 2.75) is 0 Å². The van der Waals surface area contributed by atoms with E-state index in [1.54, 1.807) is 4.40 Å². The van der Waals surface area contributed by atoms with Crippen molar-refractivity contribution in [3.05, 3.63) is 95.3 Å². The third-order valence-corrected chi connectivity index (χ3v) is 6.87. The highest BCUT2D eigenvalue weighted by molar-refractivity contribution is 7.23. The molecule has 0 saturated heterocycles. The lowest BCUT2D eigenvalue weighted by Gasteiger charge is -2.06. The Morgan fingerprint density at radius 1 is 0.806 bits per heavy atom. The fraction of sp³-hybridized carbons (Fsp3) is 0. The van der Waals surface area contributed by atoms with E-state index in [1.807, 2.05) is 66.7 Å². The molecule has 5 heteroatoms. The second-order valence-electron chi connectivity index (χ2n) is 7.61. The van der Waals surface area contributed by atoms with E-state index in [1.165, 1.54) is 11.3 Å². The molecule has 0 spiro atoms. The fourth-order valence-electron chi connectivity index (χ4n) is 4.45. The van der Waals surface area contributed by atoms with Crippen molar-refractivity contribution in [3.63, 3.8) is 0 Å². The van der Waals surface area contributed by atoms with E-state index in [-0.39, 0.29) is 5.56 Å². The van der Waals surface area contributed by atoms with Crippen LogP contribution >= 0.6 is 11.3 Å². The lowest BCUT2D eigenvalue weighted by atomic mass is 9.99. The summed E-state index contributed by atoms with van der Waals surface area (Å²) in [5.74, 6) is 0. The van der Waals surface area contributed by atoms with Crippen molar-refractivity contribution in [3.8, 4) is 11.1 Å². The predicted octanol–water partition coefficient (Wildman–Crippen LogP) is 6.63. The van der Waals surface area contributed by atoms with Crippen molar-refractivity contribution < 1.29 is 4.42 Å². The number of rotatable bonds is 1. The molecule has 0 unspecified atom stereocenters. The van der Waals surface area contributed by atoms with Gasteiger partial charge in [0.2, 0.25) is 0 Å². The molecule has 146 valence electrons. The largest absolute Gasteiger partial charge is 0.456 e. The molecule has 0 N–H and O–H groups in total. The van der Waals surface area contributed by atoms with Gasteiger partial charge in [0.25, 0.3) is 5.56 Å². The SMILES string of the molecule is O=c1c2ccc(-c3cccc4oc5ccccc5c34)cc2sc2nc3ccccc3n12. The zero-order chi connectivity index (χ0) is 20.5. The van der Waals surface area contributed by atoms with Crippen molar-refractivity contribution in [2.75, 3.05) is 0 Å². The molecule has 7 rings (SSSR count). The highest BCUT2D eigenvalue weighted by atomic mass is 32.1.